The van der Waals surface area contributed by atoms with Crippen molar-refractivity contribution in [2.24, 2.45) is 0 Å². The smallest absolute Gasteiger partial charge is 0.159 e. The Morgan fingerprint density at radius 3 is 2.62 bits per heavy atom. The molecule has 0 radical (unpaired) electrons. The van der Waals surface area contributed by atoms with E-state index in [0.29, 0.717) is 18.6 Å². The zero-order valence-electron chi connectivity index (χ0n) is 9.14. The number of aliphatic hydroxyl groups excluding tert-OH is 1. The average Bonchev–Trinajstić information content (AvgIpc) is 2.25. The van der Waals surface area contributed by atoms with E-state index in [1.165, 1.54) is 6.08 Å². The highest BCUT2D eigenvalue weighted by Crippen LogP contribution is 2.21. The van der Waals surface area contributed by atoms with E-state index < -0.39 is 0 Å². The van der Waals surface area contributed by atoms with E-state index in [9.17, 15) is 9.90 Å². The number of aryl methyl sites for hydroxylation is 1. The van der Waals surface area contributed by atoms with Crippen molar-refractivity contribution >= 4 is 5.78 Å². The zero-order valence-corrected chi connectivity index (χ0v) is 9.14. The van der Waals surface area contributed by atoms with Crippen molar-refractivity contribution in [2.75, 3.05) is 0 Å². The van der Waals surface area contributed by atoms with E-state index in [-0.39, 0.29) is 17.6 Å². The van der Waals surface area contributed by atoms with Crippen LogP contribution in [0.25, 0.3) is 0 Å². The van der Waals surface area contributed by atoms with Gasteiger partial charge < -0.3 is 9.84 Å². The lowest BCUT2D eigenvalue weighted by Gasteiger charge is -2.21. The molecule has 1 atom stereocenters. The Morgan fingerprint density at radius 2 is 2.00 bits per heavy atom. The van der Waals surface area contributed by atoms with Crippen LogP contribution in [0.5, 0.6) is 5.75 Å². The number of benzene rings is 1. The van der Waals surface area contributed by atoms with Gasteiger partial charge in [0, 0.05) is 12.5 Å². The molecule has 2 rings (SSSR count). The van der Waals surface area contributed by atoms with Crippen LogP contribution in [0.2, 0.25) is 0 Å². The maximum atomic E-state index is 11.0. The molecule has 84 valence electrons. The van der Waals surface area contributed by atoms with Gasteiger partial charge in [-0.1, -0.05) is 17.7 Å². The first kappa shape index (κ1) is 10.7. The highest BCUT2D eigenvalue weighted by Gasteiger charge is 2.22. The second-order valence-corrected chi connectivity index (χ2v) is 3.99. The maximum Gasteiger partial charge on any atom is 0.159 e. The van der Waals surface area contributed by atoms with Gasteiger partial charge in [-0.15, -0.1) is 0 Å². The lowest BCUT2D eigenvalue weighted by molar-refractivity contribution is -0.115. The van der Waals surface area contributed by atoms with Crippen LogP contribution >= 0.6 is 0 Å². The summed E-state index contributed by atoms with van der Waals surface area (Å²) >= 11 is 0. The van der Waals surface area contributed by atoms with Gasteiger partial charge in [-0.05, 0) is 25.5 Å². The molecule has 0 fully saturated rings. The van der Waals surface area contributed by atoms with E-state index in [0.717, 1.165) is 5.56 Å². The molecule has 16 heavy (non-hydrogen) atoms. The summed E-state index contributed by atoms with van der Waals surface area (Å²) in [7, 11) is 0. The zero-order chi connectivity index (χ0) is 11.5. The van der Waals surface area contributed by atoms with Gasteiger partial charge in [0.25, 0.3) is 0 Å². The number of carbonyl (C=O) groups is 1. The van der Waals surface area contributed by atoms with Crippen molar-refractivity contribution in [3.05, 3.63) is 41.7 Å². The van der Waals surface area contributed by atoms with Crippen LogP contribution in [0.1, 0.15) is 18.4 Å². The largest absolute Gasteiger partial charge is 0.508 e. The fourth-order valence-electron chi connectivity index (χ4n) is 1.65. The van der Waals surface area contributed by atoms with E-state index in [2.05, 4.69) is 0 Å². The van der Waals surface area contributed by atoms with Crippen LogP contribution in [-0.2, 0) is 4.79 Å². The standard InChI is InChI=1S/C13H14O3/c1-9-2-5-11(6-3-9)16-13-7-4-10(14)8-12(13)15/h2-3,5-6,8,13,15H,4,7H2,1H3. The van der Waals surface area contributed by atoms with Gasteiger partial charge in [0.05, 0.1) is 0 Å². The third-order valence-electron chi connectivity index (χ3n) is 2.59. The Bertz CT molecular complexity index is 417. The Hall–Kier alpha value is -1.77. The fraction of sp³-hybridized carbons (Fsp3) is 0.308. The molecule has 0 bridgehead atoms. The van der Waals surface area contributed by atoms with Crippen LogP contribution in [0.15, 0.2) is 36.1 Å². The van der Waals surface area contributed by atoms with Crippen molar-refractivity contribution in [1.29, 1.82) is 0 Å². The van der Waals surface area contributed by atoms with E-state index in [1.807, 2.05) is 31.2 Å². The average molecular weight is 218 g/mol. The topological polar surface area (TPSA) is 46.5 Å². The number of rotatable bonds is 2. The first-order valence-corrected chi connectivity index (χ1v) is 5.32. The molecule has 1 aromatic rings. The Morgan fingerprint density at radius 1 is 1.31 bits per heavy atom. The number of ketones is 1. The van der Waals surface area contributed by atoms with Crippen LogP contribution in [0.4, 0.5) is 0 Å². The predicted octanol–water partition coefficient (Wildman–Crippen LogP) is 2.55. The molecule has 3 heteroatoms. The molecule has 0 aromatic heterocycles. The predicted molar refractivity (Wildman–Crippen MR) is 60.5 cm³/mol. The SMILES string of the molecule is Cc1ccc(OC2CCC(=O)C=C2O)cc1. The number of hydrogen-bond donors (Lipinski definition) is 1. The monoisotopic (exact) mass is 218 g/mol. The minimum Gasteiger partial charge on any atom is -0.508 e. The van der Waals surface area contributed by atoms with Gasteiger partial charge in [-0.3, -0.25) is 4.79 Å². The molecule has 1 unspecified atom stereocenters. The molecule has 1 aliphatic carbocycles. The Kier molecular flexibility index (Phi) is 2.95. The van der Waals surface area contributed by atoms with Gasteiger partial charge in [0.15, 0.2) is 11.9 Å². The molecular formula is C13H14O3. The minimum absolute atomic E-state index is 0.0248. The van der Waals surface area contributed by atoms with Gasteiger partial charge in [0.2, 0.25) is 0 Å². The highest BCUT2D eigenvalue weighted by atomic mass is 16.5. The summed E-state index contributed by atoms with van der Waals surface area (Å²) in [6, 6.07) is 7.62. The summed E-state index contributed by atoms with van der Waals surface area (Å²) in [5.41, 5.74) is 1.16. The van der Waals surface area contributed by atoms with Crippen LogP contribution in [0.3, 0.4) is 0 Å². The summed E-state index contributed by atoms with van der Waals surface area (Å²) in [5, 5.41) is 9.57. The Labute approximate surface area is 94.4 Å². The summed E-state index contributed by atoms with van der Waals surface area (Å²) < 4.78 is 5.60. The molecule has 3 nitrogen and oxygen atoms in total. The fourth-order valence-corrected chi connectivity index (χ4v) is 1.65. The van der Waals surface area contributed by atoms with Crippen LogP contribution in [-0.4, -0.2) is 17.0 Å². The van der Waals surface area contributed by atoms with E-state index in [4.69, 9.17) is 4.74 Å². The van der Waals surface area contributed by atoms with Gasteiger partial charge in [-0.2, -0.15) is 0 Å². The quantitative estimate of drug-likeness (QED) is 0.829. The number of carbonyl (C=O) groups excluding carboxylic acids is 1. The third kappa shape index (κ3) is 2.42. The lowest BCUT2D eigenvalue weighted by Crippen LogP contribution is -2.24. The normalized spacial score (nSPS) is 20.4. The van der Waals surface area contributed by atoms with Gasteiger partial charge >= 0.3 is 0 Å². The first-order valence-electron chi connectivity index (χ1n) is 5.32. The second kappa shape index (κ2) is 4.39. The first-order chi connectivity index (χ1) is 7.65. The van der Waals surface area contributed by atoms with Crippen molar-refractivity contribution in [3.63, 3.8) is 0 Å². The molecule has 1 aliphatic rings. The molecule has 0 saturated heterocycles. The van der Waals surface area contributed by atoms with Crippen molar-refractivity contribution in [2.45, 2.75) is 25.9 Å². The molecule has 0 spiro atoms. The van der Waals surface area contributed by atoms with Gasteiger partial charge in [-0.25, -0.2) is 0 Å². The number of hydrogen-bond acceptors (Lipinski definition) is 3. The highest BCUT2D eigenvalue weighted by molar-refractivity contribution is 5.91. The molecule has 0 amide bonds. The summed E-state index contributed by atoms with van der Waals surface area (Å²) in [6.45, 7) is 2.00. The molecular weight excluding hydrogens is 204 g/mol. The molecule has 1 aromatic carbocycles. The van der Waals surface area contributed by atoms with E-state index in [1.54, 1.807) is 0 Å². The van der Waals surface area contributed by atoms with Crippen LogP contribution < -0.4 is 4.74 Å². The maximum absolute atomic E-state index is 11.0. The van der Waals surface area contributed by atoms with Gasteiger partial charge in [0.1, 0.15) is 11.5 Å². The van der Waals surface area contributed by atoms with Crippen LogP contribution in [0, 0.1) is 6.92 Å². The Balaban J connectivity index is 2.08. The summed E-state index contributed by atoms with van der Waals surface area (Å²) in [5.74, 6) is 0.697. The summed E-state index contributed by atoms with van der Waals surface area (Å²) in [6.07, 6.45) is 1.83. The molecule has 0 heterocycles. The van der Waals surface area contributed by atoms with Crippen molar-refractivity contribution in [1.82, 2.24) is 0 Å². The third-order valence-corrected chi connectivity index (χ3v) is 2.59. The second-order valence-electron chi connectivity index (χ2n) is 3.99. The molecule has 0 aliphatic heterocycles. The summed E-state index contributed by atoms with van der Waals surface area (Å²) in [4.78, 5) is 11.0. The minimum atomic E-state index is -0.389. The number of ether oxygens (including phenoxy) is 1. The lowest BCUT2D eigenvalue weighted by atomic mass is 10.0. The van der Waals surface area contributed by atoms with Crippen molar-refractivity contribution in [3.8, 4) is 5.75 Å². The van der Waals surface area contributed by atoms with E-state index >= 15 is 0 Å². The number of aliphatic hydroxyl groups is 1. The molecule has 0 saturated carbocycles. The van der Waals surface area contributed by atoms with Crippen molar-refractivity contribution < 1.29 is 14.6 Å². The number of allylic oxidation sites excluding steroid dienone is 1. The molecule has 1 N–H and O–H groups in total.